The Balaban J connectivity index is 2.73. The normalized spacial score (nSPS) is 31.0. The lowest BCUT2D eigenvalue weighted by atomic mass is 10.1. The molecule has 68 valence electrons. The van der Waals surface area contributed by atoms with Gasteiger partial charge in [-0.1, -0.05) is 37.0 Å². The Morgan fingerprint density at radius 1 is 1.50 bits per heavy atom. The van der Waals surface area contributed by atoms with Gasteiger partial charge in [0, 0.05) is 0 Å². The van der Waals surface area contributed by atoms with Gasteiger partial charge in [0.2, 0.25) is 0 Å². The summed E-state index contributed by atoms with van der Waals surface area (Å²) in [4.78, 5) is 10.7. The van der Waals surface area contributed by atoms with Gasteiger partial charge >= 0.3 is 5.97 Å². The predicted molar refractivity (Wildman–Crippen MR) is 48.2 cm³/mol. The van der Waals surface area contributed by atoms with Crippen molar-refractivity contribution in [2.24, 2.45) is 17.3 Å². The summed E-state index contributed by atoms with van der Waals surface area (Å²) in [5, 5.41) is 8.76. The topological polar surface area (TPSA) is 37.3 Å². The second-order valence-corrected chi connectivity index (χ2v) is 4.63. The summed E-state index contributed by atoms with van der Waals surface area (Å²) < 4.78 is 0.150. The molecule has 2 atom stereocenters. The maximum Gasteiger partial charge on any atom is 0.307 e. The Hall–Kier alpha value is -0.210. The zero-order valence-corrected chi connectivity index (χ0v) is 8.36. The third-order valence-corrected chi connectivity index (χ3v) is 2.73. The molecule has 1 saturated carbocycles. The molecule has 0 saturated heterocycles. The Bertz CT molecular complexity index is 241. The van der Waals surface area contributed by atoms with Crippen molar-refractivity contribution >= 4 is 29.2 Å². The fourth-order valence-corrected chi connectivity index (χ4v) is 1.87. The van der Waals surface area contributed by atoms with E-state index in [-0.39, 0.29) is 21.7 Å². The van der Waals surface area contributed by atoms with Crippen molar-refractivity contribution < 1.29 is 9.90 Å². The highest BCUT2D eigenvalue weighted by molar-refractivity contribution is 6.55. The SMILES string of the molecule is CC1(C)C(C(=O)O)[C@H]1C=C(Cl)Cl. The summed E-state index contributed by atoms with van der Waals surface area (Å²) in [6, 6.07) is 0. The van der Waals surface area contributed by atoms with Gasteiger partial charge in [0.15, 0.2) is 0 Å². The molecule has 0 aromatic heterocycles. The Morgan fingerprint density at radius 3 is 2.25 bits per heavy atom. The van der Waals surface area contributed by atoms with Crippen molar-refractivity contribution in [1.82, 2.24) is 0 Å². The highest BCUT2D eigenvalue weighted by Gasteiger charge is 2.60. The molecule has 1 aliphatic carbocycles. The molecule has 1 unspecified atom stereocenters. The third-order valence-electron chi connectivity index (χ3n) is 2.48. The molecule has 4 heteroatoms. The van der Waals surface area contributed by atoms with Crippen LogP contribution in [0.15, 0.2) is 10.6 Å². The van der Waals surface area contributed by atoms with Crippen LogP contribution in [0.25, 0.3) is 0 Å². The van der Waals surface area contributed by atoms with Gasteiger partial charge in [-0.2, -0.15) is 0 Å². The van der Waals surface area contributed by atoms with Gasteiger partial charge < -0.3 is 5.11 Å². The molecule has 0 radical (unpaired) electrons. The minimum Gasteiger partial charge on any atom is -0.481 e. The van der Waals surface area contributed by atoms with E-state index in [0.29, 0.717) is 0 Å². The number of hydrogen-bond acceptors (Lipinski definition) is 1. The van der Waals surface area contributed by atoms with Crippen LogP contribution in [0.3, 0.4) is 0 Å². The number of halogens is 2. The molecular weight excluding hydrogens is 199 g/mol. The molecule has 0 aliphatic heterocycles. The maximum absolute atomic E-state index is 10.7. The number of carbonyl (C=O) groups is 1. The molecule has 1 N–H and O–H groups in total. The summed E-state index contributed by atoms with van der Waals surface area (Å²) in [5.41, 5.74) is -0.207. The number of carboxylic acid groups (broad SMARTS) is 1. The number of allylic oxidation sites excluding steroid dienone is 1. The predicted octanol–water partition coefficient (Wildman–Crippen LogP) is 2.66. The van der Waals surface area contributed by atoms with Crippen LogP contribution in [0.5, 0.6) is 0 Å². The minimum atomic E-state index is -0.782. The first-order valence-corrected chi connectivity index (χ1v) is 4.38. The monoisotopic (exact) mass is 208 g/mol. The number of aliphatic carboxylic acids is 1. The van der Waals surface area contributed by atoms with Gasteiger partial charge in [-0.3, -0.25) is 4.79 Å². The zero-order valence-electron chi connectivity index (χ0n) is 6.84. The summed E-state index contributed by atoms with van der Waals surface area (Å²) in [5.74, 6) is -1.15. The Morgan fingerprint density at radius 2 is 2.00 bits per heavy atom. The average Bonchev–Trinajstić information content (AvgIpc) is 2.32. The quantitative estimate of drug-likeness (QED) is 0.758. The van der Waals surface area contributed by atoms with E-state index in [9.17, 15) is 4.79 Å². The first kappa shape index (κ1) is 9.87. The third kappa shape index (κ3) is 1.59. The first-order valence-electron chi connectivity index (χ1n) is 3.63. The van der Waals surface area contributed by atoms with Crippen LogP contribution in [0.1, 0.15) is 13.8 Å². The number of carboxylic acids is 1. The van der Waals surface area contributed by atoms with Crippen LogP contribution in [-0.2, 0) is 4.79 Å². The summed E-state index contributed by atoms with van der Waals surface area (Å²) >= 11 is 10.9. The lowest BCUT2D eigenvalue weighted by molar-refractivity contribution is -0.139. The van der Waals surface area contributed by atoms with Crippen molar-refractivity contribution in [1.29, 1.82) is 0 Å². The van der Waals surface area contributed by atoms with Crippen LogP contribution in [0, 0.1) is 17.3 Å². The highest BCUT2D eigenvalue weighted by atomic mass is 35.5. The summed E-state index contributed by atoms with van der Waals surface area (Å²) in [6.07, 6.45) is 1.60. The molecular formula is C8H10Cl2O2. The molecule has 1 rings (SSSR count). The Kier molecular flexibility index (Phi) is 2.41. The van der Waals surface area contributed by atoms with Gasteiger partial charge in [-0.25, -0.2) is 0 Å². The Labute approximate surface area is 81.2 Å². The van der Waals surface area contributed by atoms with E-state index < -0.39 is 5.97 Å². The van der Waals surface area contributed by atoms with Crippen molar-refractivity contribution in [3.63, 3.8) is 0 Å². The second kappa shape index (κ2) is 2.93. The van der Waals surface area contributed by atoms with Crippen molar-refractivity contribution in [2.75, 3.05) is 0 Å². The van der Waals surface area contributed by atoms with E-state index in [1.165, 1.54) is 0 Å². The smallest absolute Gasteiger partial charge is 0.307 e. The molecule has 0 aromatic rings. The van der Waals surface area contributed by atoms with E-state index >= 15 is 0 Å². The number of rotatable bonds is 2. The van der Waals surface area contributed by atoms with Crippen molar-refractivity contribution in [2.45, 2.75) is 13.8 Å². The fourth-order valence-electron chi connectivity index (χ4n) is 1.60. The van der Waals surface area contributed by atoms with Crippen LogP contribution in [0.4, 0.5) is 0 Å². The van der Waals surface area contributed by atoms with Crippen LogP contribution in [-0.4, -0.2) is 11.1 Å². The van der Waals surface area contributed by atoms with E-state index in [4.69, 9.17) is 28.3 Å². The molecule has 1 aliphatic rings. The van der Waals surface area contributed by atoms with Crippen LogP contribution >= 0.6 is 23.2 Å². The van der Waals surface area contributed by atoms with Crippen LogP contribution in [0.2, 0.25) is 0 Å². The lowest BCUT2D eigenvalue weighted by Gasteiger charge is -1.96. The summed E-state index contributed by atoms with van der Waals surface area (Å²) in [6.45, 7) is 3.79. The number of hydrogen-bond donors (Lipinski definition) is 1. The molecule has 0 aromatic carbocycles. The highest BCUT2D eigenvalue weighted by Crippen LogP contribution is 2.59. The fraction of sp³-hybridized carbons (Fsp3) is 0.625. The lowest BCUT2D eigenvalue weighted by Crippen LogP contribution is -2.02. The average molecular weight is 209 g/mol. The van der Waals surface area contributed by atoms with E-state index in [1.807, 2.05) is 13.8 Å². The molecule has 1 fully saturated rings. The van der Waals surface area contributed by atoms with E-state index in [1.54, 1.807) is 6.08 Å². The molecule has 0 spiro atoms. The molecule has 0 heterocycles. The largest absolute Gasteiger partial charge is 0.481 e. The second-order valence-electron chi connectivity index (χ2n) is 3.62. The minimum absolute atomic E-state index is 0.0278. The van der Waals surface area contributed by atoms with Gasteiger partial charge in [0.05, 0.1) is 5.92 Å². The van der Waals surface area contributed by atoms with Crippen molar-refractivity contribution in [3.05, 3.63) is 10.6 Å². The van der Waals surface area contributed by atoms with Crippen molar-refractivity contribution in [3.8, 4) is 0 Å². The zero-order chi connectivity index (χ0) is 9.52. The summed E-state index contributed by atoms with van der Waals surface area (Å²) in [7, 11) is 0. The van der Waals surface area contributed by atoms with Gasteiger partial charge in [0.1, 0.15) is 4.49 Å². The van der Waals surface area contributed by atoms with E-state index in [2.05, 4.69) is 0 Å². The molecule has 0 bridgehead atoms. The van der Waals surface area contributed by atoms with Gasteiger partial charge in [0.25, 0.3) is 0 Å². The van der Waals surface area contributed by atoms with E-state index in [0.717, 1.165) is 0 Å². The van der Waals surface area contributed by atoms with Crippen LogP contribution < -0.4 is 0 Å². The maximum atomic E-state index is 10.7. The molecule has 12 heavy (non-hydrogen) atoms. The standard InChI is InChI=1S/C8H10Cl2O2/c1-8(2)4(3-5(9)10)6(8)7(11)12/h3-4,6H,1-2H3,(H,11,12)/t4-,6?/m1/s1. The molecule has 0 amide bonds. The van der Waals surface area contributed by atoms with Gasteiger partial charge in [-0.15, -0.1) is 0 Å². The van der Waals surface area contributed by atoms with Gasteiger partial charge in [-0.05, 0) is 17.4 Å². The first-order chi connectivity index (χ1) is 5.37. The molecule has 2 nitrogen and oxygen atoms in total.